The van der Waals surface area contributed by atoms with Gasteiger partial charge in [0, 0.05) is 26.2 Å². The molecule has 1 aromatic heterocycles. The van der Waals surface area contributed by atoms with E-state index in [0.29, 0.717) is 44.5 Å². The van der Waals surface area contributed by atoms with Crippen molar-refractivity contribution in [1.29, 1.82) is 0 Å². The molecule has 8 heteroatoms. The van der Waals surface area contributed by atoms with Crippen molar-refractivity contribution in [3.05, 3.63) is 12.4 Å². The van der Waals surface area contributed by atoms with Crippen LogP contribution in [0.25, 0.3) is 0 Å². The van der Waals surface area contributed by atoms with Gasteiger partial charge in [-0.25, -0.2) is 14.8 Å². The van der Waals surface area contributed by atoms with Crippen LogP contribution in [0.15, 0.2) is 12.4 Å². The summed E-state index contributed by atoms with van der Waals surface area (Å²) in [5.74, 6) is 4.30. The van der Waals surface area contributed by atoms with Crippen molar-refractivity contribution in [1.82, 2.24) is 14.9 Å². The van der Waals surface area contributed by atoms with Crippen LogP contribution in [0, 0.1) is 11.5 Å². The summed E-state index contributed by atoms with van der Waals surface area (Å²) in [6.45, 7) is 15.1. The van der Waals surface area contributed by atoms with E-state index < -0.39 is 13.7 Å². The average molecular weight is 391 g/mol. The molecule has 0 radical (unpaired) electrons. The third kappa shape index (κ3) is 7.47. The normalized spacial score (nSPS) is 15.0. The summed E-state index contributed by atoms with van der Waals surface area (Å²) in [5.41, 5.74) is 2.78. The highest BCUT2D eigenvalue weighted by atomic mass is 28.3. The van der Waals surface area contributed by atoms with Crippen LogP contribution in [0.1, 0.15) is 20.8 Å². The van der Waals surface area contributed by atoms with Gasteiger partial charge in [0.25, 0.3) is 0 Å². The summed E-state index contributed by atoms with van der Waals surface area (Å²) >= 11 is 0. The van der Waals surface area contributed by atoms with Crippen LogP contribution in [0.4, 0.5) is 10.7 Å². The van der Waals surface area contributed by atoms with Crippen LogP contribution in [0.5, 0.6) is 5.75 Å². The number of anilines is 1. The molecule has 1 aromatic rings. The summed E-state index contributed by atoms with van der Waals surface area (Å²) in [4.78, 5) is 24.6. The predicted octanol–water partition coefficient (Wildman–Crippen LogP) is 2.79. The lowest BCUT2D eigenvalue weighted by atomic mass is 10.2. The molecule has 0 bridgehead atoms. The van der Waals surface area contributed by atoms with Gasteiger partial charge in [-0.05, 0) is 20.8 Å². The molecule has 1 aliphatic rings. The molecule has 1 fully saturated rings. The molecular weight excluding hydrogens is 360 g/mol. The molecule has 7 nitrogen and oxygen atoms in total. The van der Waals surface area contributed by atoms with Crippen LogP contribution in [-0.2, 0) is 4.74 Å². The largest absolute Gasteiger partial charge is 0.478 e. The molecule has 1 aliphatic heterocycles. The Kier molecular flexibility index (Phi) is 6.71. The van der Waals surface area contributed by atoms with Crippen molar-refractivity contribution in [2.45, 2.75) is 46.0 Å². The Balaban J connectivity index is 1.83. The monoisotopic (exact) mass is 390 g/mol. The van der Waals surface area contributed by atoms with Gasteiger partial charge in [-0.15, -0.1) is 5.54 Å². The summed E-state index contributed by atoms with van der Waals surface area (Å²) < 4.78 is 11.0. The molecule has 0 N–H and O–H groups in total. The fourth-order valence-corrected chi connectivity index (χ4v) is 2.99. The van der Waals surface area contributed by atoms with E-state index in [0.717, 1.165) is 0 Å². The highest BCUT2D eigenvalue weighted by Gasteiger charge is 2.26. The molecule has 1 amide bonds. The van der Waals surface area contributed by atoms with Crippen LogP contribution in [-0.4, -0.2) is 67.4 Å². The van der Waals surface area contributed by atoms with E-state index >= 15 is 0 Å². The Morgan fingerprint density at radius 2 is 1.74 bits per heavy atom. The van der Waals surface area contributed by atoms with Crippen molar-refractivity contribution in [2.24, 2.45) is 0 Å². The number of hydrogen-bond acceptors (Lipinski definition) is 6. The van der Waals surface area contributed by atoms with Gasteiger partial charge in [0.2, 0.25) is 5.95 Å². The van der Waals surface area contributed by atoms with E-state index in [1.807, 2.05) is 20.8 Å². The molecule has 0 unspecified atom stereocenters. The fraction of sp³-hybridized carbons (Fsp3) is 0.632. The molecule has 2 rings (SSSR count). The van der Waals surface area contributed by atoms with E-state index in [-0.39, 0.29) is 6.09 Å². The van der Waals surface area contributed by atoms with Gasteiger partial charge in [0.15, 0.2) is 5.75 Å². The quantitative estimate of drug-likeness (QED) is 0.584. The molecule has 1 saturated heterocycles. The second kappa shape index (κ2) is 8.61. The lowest BCUT2D eigenvalue weighted by Crippen LogP contribution is -2.50. The molecular formula is C19H30N4O3Si. The van der Waals surface area contributed by atoms with E-state index in [1.54, 1.807) is 17.3 Å². The SMILES string of the molecule is CC(C)(C)OC(=O)N1CCN(c2ncc(OCC#C[Si](C)(C)C)cn2)CC1. The van der Waals surface area contributed by atoms with Crippen LogP contribution in [0.3, 0.4) is 0 Å². The number of nitrogens with zero attached hydrogens (tertiary/aromatic N) is 4. The predicted molar refractivity (Wildman–Crippen MR) is 109 cm³/mol. The highest BCUT2D eigenvalue weighted by molar-refractivity contribution is 6.83. The van der Waals surface area contributed by atoms with Gasteiger partial charge < -0.3 is 19.3 Å². The number of carbonyl (C=O) groups is 1. The molecule has 0 spiro atoms. The zero-order valence-corrected chi connectivity index (χ0v) is 18.2. The maximum atomic E-state index is 12.1. The van der Waals surface area contributed by atoms with Crippen molar-refractivity contribution < 1.29 is 14.3 Å². The fourth-order valence-electron chi connectivity index (χ4n) is 2.38. The van der Waals surface area contributed by atoms with Crippen LogP contribution >= 0.6 is 0 Å². The molecule has 0 atom stereocenters. The minimum atomic E-state index is -1.37. The van der Waals surface area contributed by atoms with Crippen molar-refractivity contribution >= 4 is 20.1 Å². The zero-order valence-electron chi connectivity index (χ0n) is 17.2. The number of hydrogen-bond donors (Lipinski definition) is 0. The maximum absolute atomic E-state index is 12.1. The molecule has 27 heavy (non-hydrogen) atoms. The highest BCUT2D eigenvalue weighted by Crippen LogP contribution is 2.16. The van der Waals surface area contributed by atoms with Gasteiger partial charge in [0.1, 0.15) is 20.3 Å². The third-order valence-corrected chi connectivity index (χ3v) is 4.53. The topological polar surface area (TPSA) is 67.8 Å². The van der Waals surface area contributed by atoms with Gasteiger partial charge >= 0.3 is 6.09 Å². The third-order valence-electron chi connectivity index (χ3n) is 3.60. The molecule has 0 saturated carbocycles. The van der Waals surface area contributed by atoms with Gasteiger partial charge in [-0.2, -0.15) is 0 Å². The number of piperazine rings is 1. The Labute approximate surface area is 163 Å². The van der Waals surface area contributed by atoms with E-state index in [9.17, 15) is 4.79 Å². The van der Waals surface area contributed by atoms with Crippen molar-refractivity contribution in [3.63, 3.8) is 0 Å². The summed E-state index contributed by atoms with van der Waals surface area (Å²) in [7, 11) is -1.37. The number of rotatable bonds is 3. The summed E-state index contributed by atoms with van der Waals surface area (Å²) in [5, 5.41) is 0. The van der Waals surface area contributed by atoms with Crippen LogP contribution < -0.4 is 9.64 Å². The van der Waals surface area contributed by atoms with Gasteiger partial charge in [-0.3, -0.25) is 0 Å². The van der Waals surface area contributed by atoms with E-state index in [2.05, 4.69) is 46.0 Å². The Morgan fingerprint density at radius 3 is 2.26 bits per heavy atom. The minimum absolute atomic E-state index is 0.272. The summed E-state index contributed by atoms with van der Waals surface area (Å²) in [6, 6.07) is 0. The smallest absolute Gasteiger partial charge is 0.410 e. The Hall–Kier alpha value is -2.27. The van der Waals surface area contributed by atoms with Crippen molar-refractivity contribution in [3.8, 4) is 17.2 Å². The first-order chi connectivity index (χ1) is 12.5. The molecule has 0 aromatic carbocycles. The van der Waals surface area contributed by atoms with Crippen LogP contribution in [0.2, 0.25) is 19.6 Å². The van der Waals surface area contributed by atoms with Gasteiger partial charge in [0.05, 0.1) is 12.4 Å². The van der Waals surface area contributed by atoms with E-state index in [4.69, 9.17) is 9.47 Å². The molecule has 2 heterocycles. The van der Waals surface area contributed by atoms with Gasteiger partial charge in [-0.1, -0.05) is 25.6 Å². The second-order valence-corrected chi connectivity index (χ2v) is 13.3. The number of carbonyl (C=O) groups excluding carboxylic acids is 1. The first kappa shape index (κ1) is 21.0. The molecule has 0 aliphatic carbocycles. The lowest BCUT2D eigenvalue weighted by molar-refractivity contribution is 0.0240. The Morgan fingerprint density at radius 1 is 1.15 bits per heavy atom. The zero-order chi connectivity index (χ0) is 20.1. The maximum Gasteiger partial charge on any atom is 0.410 e. The molecule has 148 valence electrons. The number of ether oxygens (including phenoxy) is 2. The van der Waals surface area contributed by atoms with Crippen molar-refractivity contribution in [2.75, 3.05) is 37.7 Å². The Bertz CT molecular complexity index is 691. The summed E-state index contributed by atoms with van der Waals surface area (Å²) in [6.07, 6.45) is 3.06. The second-order valence-electron chi connectivity index (χ2n) is 8.51. The first-order valence-corrected chi connectivity index (χ1v) is 12.7. The number of amides is 1. The van der Waals surface area contributed by atoms with E-state index in [1.165, 1.54) is 0 Å². The number of aromatic nitrogens is 2. The standard InChI is InChI=1S/C19H30N4O3Si/c1-19(2,3)26-18(24)23-10-8-22(9-11-23)17-20-14-16(15-21-17)25-12-7-13-27(4,5)6/h14-15H,8-12H2,1-6H3. The minimum Gasteiger partial charge on any atom is -0.478 e. The lowest BCUT2D eigenvalue weighted by Gasteiger charge is -2.35. The first-order valence-electron chi connectivity index (χ1n) is 9.21. The average Bonchev–Trinajstić information content (AvgIpc) is 2.57.